The molecular weight excluding hydrogens is 517 g/mol. The first-order valence-electron chi connectivity index (χ1n) is 11.0. The van der Waals surface area contributed by atoms with Crippen molar-refractivity contribution in [3.8, 4) is 0 Å². The van der Waals surface area contributed by atoms with Crippen molar-refractivity contribution in [1.29, 1.82) is 0 Å². The van der Waals surface area contributed by atoms with E-state index in [1.165, 1.54) is 0 Å². The van der Waals surface area contributed by atoms with Gasteiger partial charge in [-0.15, -0.1) is 23.2 Å². The van der Waals surface area contributed by atoms with Crippen LogP contribution < -0.4 is 21.7 Å². The minimum absolute atomic E-state index is 0.0256. The van der Waals surface area contributed by atoms with Crippen molar-refractivity contribution in [3.05, 3.63) is 39.9 Å². The fourth-order valence-electron chi connectivity index (χ4n) is 3.45. The third-order valence-electron chi connectivity index (χ3n) is 5.04. The van der Waals surface area contributed by atoms with E-state index in [1.54, 1.807) is 24.3 Å². The van der Waals surface area contributed by atoms with E-state index < -0.39 is 34.9 Å². The Bertz CT molecular complexity index is 922. The van der Waals surface area contributed by atoms with E-state index in [4.69, 9.17) is 34.7 Å². The number of guanidine groups is 1. The lowest BCUT2D eigenvalue weighted by atomic mass is 10.0. The van der Waals surface area contributed by atoms with E-state index in [1.807, 2.05) is 4.90 Å². The molecule has 1 aromatic rings. The predicted molar refractivity (Wildman–Crippen MR) is 137 cm³/mol. The number of nitrogens with two attached hydrogens (primary N) is 2. The highest BCUT2D eigenvalue weighted by atomic mass is 35.5. The molecule has 0 aliphatic heterocycles. The van der Waals surface area contributed by atoms with Crippen LogP contribution >= 0.6 is 23.2 Å². The van der Waals surface area contributed by atoms with Gasteiger partial charge < -0.3 is 26.8 Å². The standard InChI is InChI=1S/C21H31Cl2N7O6/c1-14(31)27-17(13-15-4-6-16(7-5-15)28(11-8-22)12-9-23)19(32)29(30(35)36)18(20(33)34)3-2-10-26-21(24)25/h4-7,17-18H,2-3,8-13H2,1H3,(H,27,31)(H,33,34)(H4,24,25,26)/t17-,18-/m0/s1. The van der Waals surface area contributed by atoms with Crippen molar-refractivity contribution < 1.29 is 24.5 Å². The molecule has 0 spiro atoms. The average molecular weight is 548 g/mol. The smallest absolute Gasteiger partial charge is 0.332 e. The van der Waals surface area contributed by atoms with Crippen molar-refractivity contribution in [2.24, 2.45) is 16.5 Å². The fourth-order valence-corrected chi connectivity index (χ4v) is 3.86. The maximum Gasteiger partial charge on any atom is 0.332 e. The minimum atomic E-state index is -1.79. The summed E-state index contributed by atoms with van der Waals surface area (Å²) in [5.74, 6) is -2.78. The summed E-state index contributed by atoms with van der Waals surface area (Å²) in [6.07, 6.45) is -0.314. The summed E-state index contributed by atoms with van der Waals surface area (Å²) < 4.78 is 0. The third kappa shape index (κ3) is 10.1. The number of hydrogen-bond donors (Lipinski definition) is 4. The number of carboxylic acid groups (broad SMARTS) is 1. The Kier molecular flexibility index (Phi) is 13.3. The Hall–Kier alpha value is -3.32. The van der Waals surface area contributed by atoms with E-state index >= 15 is 0 Å². The Labute approximate surface area is 218 Å². The summed E-state index contributed by atoms with van der Waals surface area (Å²) in [7, 11) is 0. The summed E-state index contributed by atoms with van der Waals surface area (Å²) in [6.45, 7) is 2.31. The van der Waals surface area contributed by atoms with E-state index in [-0.39, 0.29) is 36.8 Å². The quantitative estimate of drug-likeness (QED) is 0.0569. The number of carbonyl (C=O) groups is 3. The van der Waals surface area contributed by atoms with E-state index in [2.05, 4.69) is 10.3 Å². The SMILES string of the molecule is CC(=O)N[C@@H](Cc1ccc(N(CCCl)CCCl)cc1)C(=O)N([C@@H](CCCN=C(N)N)C(=O)O)[N+](=O)[O-]. The number of carbonyl (C=O) groups excluding carboxylic acids is 2. The second kappa shape index (κ2) is 15.6. The molecule has 0 aliphatic carbocycles. The lowest BCUT2D eigenvalue weighted by Gasteiger charge is -2.25. The van der Waals surface area contributed by atoms with Crippen LogP contribution in [0.25, 0.3) is 0 Å². The van der Waals surface area contributed by atoms with E-state index in [0.29, 0.717) is 30.4 Å². The molecule has 0 heterocycles. The number of nitrogens with zero attached hydrogens (tertiary/aromatic N) is 4. The molecule has 2 amide bonds. The van der Waals surface area contributed by atoms with E-state index in [0.717, 1.165) is 12.6 Å². The lowest BCUT2D eigenvalue weighted by Crippen LogP contribution is -2.56. The molecule has 0 saturated carbocycles. The molecule has 0 bridgehead atoms. The normalized spacial score (nSPS) is 12.2. The van der Waals surface area contributed by atoms with Gasteiger partial charge in [-0.05, 0) is 35.5 Å². The van der Waals surface area contributed by atoms with Gasteiger partial charge >= 0.3 is 11.9 Å². The van der Waals surface area contributed by atoms with Crippen LogP contribution in [0.1, 0.15) is 25.3 Å². The molecule has 0 unspecified atom stereocenters. The molecule has 0 fully saturated rings. The number of halogens is 2. The predicted octanol–water partition coefficient (Wildman–Crippen LogP) is 0.545. The number of rotatable bonds is 16. The van der Waals surface area contributed by atoms with Gasteiger partial charge in [0.1, 0.15) is 6.04 Å². The molecule has 0 radical (unpaired) electrons. The molecule has 0 aromatic heterocycles. The van der Waals surface area contributed by atoms with Crippen LogP contribution in [0.5, 0.6) is 0 Å². The number of benzene rings is 1. The number of anilines is 1. The maximum absolute atomic E-state index is 13.2. The van der Waals surface area contributed by atoms with Crippen LogP contribution in [-0.4, -0.2) is 82.4 Å². The number of amides is 2. The first-order valence-corrected chi connectivity index (χ1v) is 12.1. The summed E-state index contributed by atoms with van der Waals surface area (Å²) >= 11 is 11.7. The highest BCUT2D eigenvalue weighted by Crippen LogP contribution is 2.18. The van der Waals surface area contributed by atoms with Gasteiger partial charge in [0.25, 0.3) is 0 Å². The molecule has 200 valence electrons. The van der Waals surface area contributed by atoms with Gasteiger partial charge in [0.05, 0.1) is 0 Å². The van der Waals surface area contributed by atoms with Gasteiger partial charge in [0.2, 0.25) is 5.91 Å². The first kappa shape index (κ1) is 30.7. The third-order valence-corrected chi connectivity index (χ3v) is 5.38. The molecule has 13 nitrogen and oxygen atoms in total. The van der Waals surface area contributed by atoms with E-state index in [9.17, 15) is 29.6 Å². The van der Waals surface area contributed by atoms with Gasteiger partial charge in [0.15, 0.2) is 17.0 Å². The summed E-state index contributed by atoms with van der Waals surface area (Å²) in [5.41, 5.74) is 11.9. The van der Waals surface area contributed by atoms with Crippen molar-refractivity contribution in [2.75, 3.05) is 36.3 Å². The van der Waals surface area contributed by atoms with Gasteiger partial charge in [-0.2, -0.15) is 0 Å². The minimum Gasteiger partial charge on any atom is -0.480 e. The highest BCUT2D eigenvalue weighted by Gasteiger charge is 2.42. The number of nitrogens with one attached hydrogen (secondary N) is 1. The Balaban J connectivity index is 3.16. The molecule has 0 aliphatic rings. The molecule has 1 rings (SSSR count). The van der Waals surface area contributed by atoms with Crippen LogP contribution in [0, 0.1) is 10.1 Å². The molecular formula is C21H31Cl2N7O6. The molecule has 36 heavy (non-hydrogen) atoms. The van der Waals surface area contributed by atoms with Crippen LogP contribution in [0.4, 0.5) is 5.69 Å². The number of carboxylic acids is 1. The van der Waals surface area contributed by atoms with Gasteiger partial charge in [-0.25, -0.2) is 14.9 Å². The van der Waals surface area contributed by atoms with Gasteiger partial charge in [0, 0.05) is 50.4 Å². The van der Waals surface area contributed by atoms with Crippen molar-refractivity contribution in [1.82, 2.24) is 10.3 Å². The maximum atomic E-state index is 13.2. The van der Waals surface area contributed by atoms with Gasteiger partial charge in [-0.1, -0.05) is 12.1 Å². The topological polar surface area (TPSA) is 197 Å². The Morgan fingerprint density at radius 3 is 2.19 bits per heavy atom. The fraction of sp³-hybridized carbons (Fsp3) is 0.524. The number of nitro groups is 1. The number of alkyl halides is 2. The van der Waals surface area contributed by atoms with Crippen molar-refractivity contribution in [2.45, 2.75) is 38.3 Å². The highest BCUT2D eigenvalue weighted by molar-refractivity contribution is 6.18. The average Bonchev–Trinajstić information content (AvgIpc) is 2.79. The van der Waals surface area contributed by atoms with Crippen molar-refractivity contribution in [3.63, 3.8) is 0 Å². The largest absolute Gasteiger partial charge is 0.480 e. The molecule has 6 N–H and O–H groups in total. The van der Waals surface area contributed by atoms with Crippen LogP contribution in [0.2, 0.25) is 0 Å². The molecule has 1 aromatic carbocycles. The zero-order valence-electron chi connectivity index (χ0n) is 19.8. The molecule has 2 atom stereocenters. The zero-order valence-corrected chi connectivity index (χ0v) is 21.3. The van der Waals surface area contributed by atoms with Crippen molar-refractivity contribution >= 4 is 52.6 Å². The van der Waals surface area contributed by atoms with Crippen LogP contribution in [0.3, 0.4) is 0 Å². The summed E-state index contributed by atoms with van der Waals surface area (Å²) in [4.78, 5) is 54.2. The number of aliphatic carboxylic acids is 1. The number of hydrazine groups is 1. The molecule has 15 heteroatoms. The van der Waals surface area contributed by atoms with Gasteiger partial charge in [-0.3, -0.25) is 14.6 Å². The van der Waals surface area contributed by atoms with Crippen LogP contribution in [-0.2, 0) is 20.8 Å². The number of aliphatic imine (C=N–C) groups is 1. The van der Waals surface area contributed by atoms with Crippen LogP contribution in [0.15, 0.2) is 29.3 Å². The Morgan fingerprint density at radius 1 is 1.17 bits per heavy atom. The Morgan fingerprint density at radius 2 is 1.75 bits per heavy atom. The summed E-state index contributed by atoms with van der Waals surface area (Å²) in [6, 6.07) is 3.79. The second-order valence-corrected chi connectivity index (χ2v) is 8.47. The zero-order chi connectivity index (χ0) is 27.3. The number of hydrogen-bond acceptors (Lipinski definition) is 7. The second-order valence-electron chi connectivity index (χ2n) is 7.71. The monoisotopic (exact) mass is 547 g/mol. The lowest BCUT2D eigenvalue weighted by molar-refractivity contribution is -0.640. The molecule has 0 saturated heterocycles. The summed E-state index contributed by atoms with van der Waals surface area (Å²) in [5, 5.41) is 22.7. The first-order chi connectivity index (χ1) is 17.0.